The van der Waals surface area contributed by atoms with Gasteiger partial charge in [0.15, 0.2) is 0 Å². The van der Waals surface area contributed by atoms with Crippen LogP contribution >= 0.6 is 0 Å². The highest BCUT2D eigenvalue weighted by Gasteiger charge is 2.49. The van der Waals surface area contributed by atoms with Crippen LogP contribution in [0.2, 0.25) is 0 Å². The number of fused-ring (bicyclic) bond motifs is 10. The Labute approximate surface area is 556 Å². The van der Waals surface area contributed by atoms with Gasteiger partial charge in [-0.05, 0) is 268 Å². The molecular formula is C76H110F3N7O6S. The number of carbonyl (C=O) groups is 1. The molecule has 10 aliphatic heterocycles. The number of phenols is 2. The van der Waals surface area contributed by atoms with E-state index in [-0.39, 0.29) is 54.7 Å². The Balaban J connectivity index is 0.000000183. The van der Waals surface area contributed by atoms with Gasteiger partial charge < -0.3 is 45.5 Å². The number of rotatable bonds is 8. The molecule has 10 unspecified atom stereocenters. The highest BCUT2D eigenvalue weighted by Crippen LogP contribution is 2.46. The summed E-state index contributed by atoms with van der Waals surface area (Å²) in [6, 6.07) is 46.7. The zero-order valence-corrected chi connectivity index (χ0v) is 52.1. The number of nitrogens with zero attached hydrogens (tertiary/aromatic N) is 4. The quantitative estimate of drug-likeness (QED) is 0.0733. The second-order valence-electron chi connectivity index (χ2n) is 27.2. The van der Waals surface area contributed by atoms with Crippen LogP contribution in [-0.4, -0.2) is 126 Å². The van der Waals surface area contributed by atoms with Crippen LogP contribution in [0, 0.1) is 11.3 Å². The third-order valence-electron chi connectivity index (χ3n) is 21.9. The first-order valence-corrected chi connectivity index (χ1v) is 33.9. The molecule has 13 nitrogen and oxygen atoms in total. The molecule has 0 radical (unpaired) electrons. The van der Waals surface area contributed by atoms with Gasteiger partial charge in [0.05, 0.1) is 11.6 Å². The first-order chi connectivity index (χ1) is 42.2. The minimum Gasteiger partial charge on any atom is -0.508 e. The number of hydrogen-bond donors (Lipinski definition) is 5. The molecule has 10 atom stereocenters. The van der Waals surface area contributed by atoms with Crippen LogP contribution in [0.25, 0.3) is 0 Å². The van der Waals surface area contributed by atoms with Gasteiger partial charge in [-0.25, -0.2) is 0 Å². The Morgan fingerprint density at radius 2 is 0.796 bits per heavy atom. The number of alkyl halides is 3. The Bertz CT molecular complexity index is 3300. The zero-order valence-electron chi connectivity index (χ0n) is 51.3. The van der Waals surface area contributed by atoms with Crippen molar-refractivity contribution in [1.82, 2.24) is 25.3 Å². The topological polar surface area (TPSA) is 184 Å². The van der Waals surface area contributed by atoms with Crippen LogP contribution in [0.5, 0.6) is 17.2 Å². The maximum Gasteiger partial charge on any atom is 0.534 e. The lowest BCUT2D eigenvalue weighted by atomic mass is 9.85. The van der Waals surface area contributed by atoms with Crippen LogP contribution in [0.15, 0.2) is 121 Å². The second kappa shape index (κ2) is 33.1. The molecule has 5 aromatic carbocycles. The summed E-state index contributed by atoms with van der Waals surface area (Å²) in [6.45, 7) is 0. The number of carbonyl (C=O) groups excluding carboxylic acids is 1. The van der Waals surface area contributed by atoms with Gasteiger partial charge in [0.2, 0.25) is 5.91 Å². The molecule has 10 aliphatic rings. The third kappa shape index (κ3) is 18.5. The third-order valence-corrected chi connectivity index (χ3v) is 22.9. The van der Waals surface area contributed by atoms with Gasteiger partial charge in [0, 0.05) is 66.0 Å². The van der Waals surface area contributed by atoms with E-state index in [0.717, 1.165) is 73.1 Å². The van der Waals surface area contributed by atoms with Gasteiger partial charge in [-0.1, -0.05) is 97.8 Å². The van der Waals surface area contributed by atoms with E-state index in [0.29, 0.717) is 64.9 Å². The molecule has 6 N–H and O–H groups in total. The molecule has 0 spiro atoms. The molecule has 17 heteroatoms. The minimum atomic E-state index is -5.62. The first-order valence-electron chi connectivity index (χ1n) is 32.5. The summed E-state index contributed by atoms with van der Waals surface area (Å²) in [6.07, 6.45) is 24.7. The largest absolute Gasteiger partial charge is 0.534 e. The lowest BCUT2D eigenvalue weighted by Crippen LogP contribution is -2.39. The Kier molecular flexibility index (Phi) is 27.1. The van der Waals surface area contributed by atoms with Crippen LogP contribution in [0.1, 0.15) is 239 Å². The SMILES string of the molecule is C.C.C.C.C.CN1C2CCC1CC(c1cccc(C#N)c1)C2.CN1C2CCC1CC(c1cccc(O)c1)C2.CN1C2CCC1CC(c1cccc(OS(=O)(=O)C(F)(F)F)c1)C2.NC(=O)c1cccc(C2CC3CCC(C2)N3)c1.Oc1cccc(C2CC3CCC(C2)N3)c1. The molecule has 1 amide bonds. The maximum atomic E-state index is 12.4. The van der Waals surface area contributed by atoms with Crippen molar-refractivity contribution in [2.24, 2.45) is 5.73 Å². The summed E-state index contributed by atoms with van der Waals surface area (Å²) in [4.78, 5) is 18.7. The average molecular weight is 1310 g/mol. The fraction of sp³-hybridized carbons (Fsp3) is 0.579. The fourth-order valence-corrected chi connectivity index (χ4v) is 17.5. The van der Waals surface area contributed by atoms with E-state index in [1.807, 2.05) is 54.6 Å². The van der Waals surface area contributed by atoms with E-state index in [2.05, 4.69) is 87.1 Å². The van der Waals surface area contributed by atoms with E-state index >= 15 is 0 Å². The predicted octanol–water partition coefficient (Wildman–Crippen LogP) is 16.2. The highest BCUT2D eigenvalue weighted by atomic mass is 32.2. The monoisotopic (exact) mass is 1310 g/mol. The molecule has 93 heavy (non-hydrogen) atoms. The van der Waals surface area contributed by atoms with Gasteiger partial charge >= 0.3 is 15.6 Å². The first kappa shape index (κ1) is 76.0. The zero-order chi connectivity index (χ0) is 61.9. The Hall–Kier alpha value is -6.00. The number of benzene rings is 5. The van der Waals surface area contributed by atoms with Crippen molar-refractivity contribution < 1.29 is 40.8 Å². The Morgan fingerprint density at radius 1 is 0.484 bits per heavy atom. The average Bonchev–Trinajstić information content (AvgIpc) is 1.88. The maximum absolute atomic E-state index is 12.4. The number of primary amides is 1. The van der Waals surface area contributed by atoms with Gasteiger partial charge in [-0.3, -0.25) is 4.79 Å². The summed E-state index contributed by atoms with van der Waals surface area (Å²) in [5.74, 6) is 2.97. The van der Waals surface area contributed by atoms with Crippen molar-refractivity contribution in [2.75, 3.05) is 21.1 Å². The van der Waals surface area contributed by atoms with E-state index in [1.54, 1.807) is 18.2 Å². The minimum absolute atomic E-state index is 0. The van der Waals surface area contributed by atoms with Crippen molar-refractivity contribution in [3.8, 4) is 23.3 Å². The van der Waals surface area contributed by atoms with Crippen LogP contribution in [-0.2, 0) is 10.1 Å². The molecule has 10 bridgehead atoms. The van der Waals surface area contributed by atoms with Crippen LogP contribution in [0.3, 0.4) is 0 Å². The molecule has 10 saturated heterocycles. The van der Waals surface area contributed by atoms with Crippen LogP contribution < -0.4 is 20.6 Å². The van der Waals surface area contributed by atoms with Crippen molar-refractivity contribution in [2.45, 2.75) is 261 Å². The molecule has 5 aromatic rings. The molecule has 10 fully saturated rings. The number of nitrogens with two attached hydrogens (primary N) is 1. The number of nitrogens with one attached hydrogen (secondary N) is 2. The second-order valence-corrected chi connectivity index (χ2v) is 28.8. The molecule has 15 rings (SSSR count). The summed E-state index contributed by atoms with van der Waals surface area (Å²) in [5.41, 5.74) is 7.46. The molecule has 0 saturated carbocycles. The number of amides is 1. The molecule has 0 aromatic heterocycles. The number of aromatic hydroxyl groups is 2. The van der Waals surface area contributed by atoms with Crippen molar-refractivity contribution in [3.05, 3.63) is 160 Å². The van der Waals surface area contributed by atoms with E-state index in [9.17, 15) is 36.6 Å². The molecule has 0 aliphatic carbocycles. The fourth-order valence-electron chi connectivity index (χ4n) is 17.1. The number of piperidine rings is 5. The summed E-state index contributed by atoms with van der Waals surface area (Å²) in [7, 11) is 1.01. The normalized spacial score (nSPS) is 30.2. The van der Waals surface area contributed by atoms with Gasteiger partial charge in [-0.2, -0.15) is 26.9 Å². The number of phenolic OH excluding ortho intramolecular Hbond substituents is 2. The van der Waals surface area contributed by atoms with Crippen molar-refractivity contribution >= 4 is 16.0 Å². The van der Waals surface area contributed by atoms with E-state index in [4.69, 9.17) is 11.0 Å². The highest BCUT2D eigenvalue weighted by molar-refractivity contribution is 7.88. The summed E-state index contributed by atoms with van der Waals surface area (Å²) < 4.78 is 63.7. The smallest absolute Gasteiger partial charge is 0.508 e. The van der Waals surface area contributed by atoms with Gasteiger partial charge in [0.1, 0.15) is 17.2 Å². The predicted molar refractivity (Wildman–Crippen MR) is 372 cm³/mol. The number of halogens is 3. The number of nitriles is 1. The van der Waals surface area contributed by atoms with E-state index < -0.39 is 15.6 Å². The van der Waals surface area contributed by atoms with Crippen molar-refractivity contribution in [1.29, 1.82) is 5.26 Å². The van der Waals surface area contributed by atoms with Gasteiger partial charge in [0.25, 0.3) is 0 Å². The van der Waals surface area contributed by atoms with Crippen molar-refractivity contribution in [3.63, 3.8) is 0 Å². The van der Waals surface area contributed by atoms with Crippen LogP contribution in [0.4, 0.5) is 13.2 Å². The summed E-state index contributed by atoms with van der Waals surface area (Å²) >= 11 is 0. The van der Waals surface area contributed by atoms with Gasteiger partial charge in [-0.15, -0.1) is 0 Å². The lowest BCUT2D eigenvalue weighted by Gasteiger charge is -2.36. The van der Waals surface area contributed by atoms with E-state index in [1.165, 1.54) is 143 Å². The standard InChI is InChI=1S/C15H18F3NO3S.C15H18N2.C14H18N2O.C14H19NO.C13H17NO.5CH4/c1-19-12-5-6-13(19)8-11(7-12)10-3-2-4-14(9-10)22-23(20,21)15(16,17)18;1-17-14-5-6-15(17)9-13(8-14)12-4-2-3-11(7-12)10-16;15-14(17)10-3-1-2-9(6-10)11-7-12-4-5-13(8-11)16-12;1-15-12-5-6-13(15)8-11(7-12)10-3-2-4-14(16)9-10;15-13-3-1-2-9(8-13)10-6-11-4-5-12(7-10)14-11;;;;;/h2-4,9,11-13H,5-8H2,1H3;2-4,7,13-15H,5-6,8-9H2,1H3;1-3,6,11-13,16H,4-5,7-8H2,(H2,15,17);2-4,9,11-13,16H,5-8H2,1H3;1-3,8,10-12,14-15H,4-7H2;5*1H4. The number of hydrogen-bond acceptors (Lipinski definition) is 12. The molecule has 512 valence electrons. The lowest BCUT2D eigenvalue weighted by molar-refractivity contribution is -0.0500. The summed E-state index contributed by atoms with van der Waals surface area (Å²) in [5, 5.41) is 35.2. The Morgan fingerprint density at radius 3 is 1.14 bits per heavy atom. The molecular weight excluding hydrogens is 1200 g/mol. The molecule has 10 heterocycles.